The van der Waals surface area contributed by atoms with Gasteiger partial charge in [-0.2, -0.15) is 0 Å². The van der Waals surface area contributed by atoms with Crippen LogP contribution in [-0.4, -0.2) is 38.5 Å². The normalized spacial score (nSPS) is 11.2. The number of ether oxygens (including phenoxy) is 4. The predicted molar refractivity (Wildman–Crippen MR) is 100 cm³/mol. The predicted octanol–water partition coefficient (Wildman–Crippen LogP) is 3.12. The molecule has 2 aromatic carbocycles. The summed E-state index contributed by atoms with van der Waals surface area (Å²) in [6.45, 7) is 1.79. The molecule has 0 saturated carbocycles. The fourth-order valence-electron chi connectivity index (χ4n) is 2.46. The number of methoxy groups -OCH3 is 2. The first kappa shape index (κ1) is 21.0. The van der Waals surface area contributed by atoms with Gasteiger partial charge in [0.25, 0.3) is 0 Å². The summed E-state index contributed by atoms with van der Waals surface area (Å²) >= 11 is 0. The number of ketones is 1. The lowest BCUT2D eigenvalue weighted by Crippen LogP contribution is -2.22. The number of esters is 2. The molecular formula is C21H22O7. The average molecular weight is 386 g/mol. The molecule has 0 bridgehead atoms. The van der Waals surface area contributed by atoms with E-state index in [0.29, 0.717) is 22.6 Å². The Labute approximate surface area is 163 Å². The minimum absolute atomic E-state index is 0.152. The molecule has 0 fully saturated rings. The molecule has 0 saturated heterocycles. The Kier molecular flexibility index (Phi) is 7.56. The van der Waals surface area contributed by atoms with Crippen molar-refractivity contribution in [1.29, 1.82) is 0 Å². The largest absolute Gasteiger partial charge is 0.497 e. The summed E-state index contributed by atoms with van der Waals surface area (Å²) in [5.41, 5.74) is 0.796. The summed E-state index contributed by atoms with van der Waals surface area (Å²) < 4.78 is 20.3. The fraction of sp³-hybridized carbons (Fsp3) is 0.286. The fourth-order valence-corrected chi connectivity index (χ4v) is 2.46. The number of benzene rings is 2. The first-order valence-electron chi connectivity index (χ1n) is 8.65. The smallest absolute Gasteiger partial charge is 0.318 e. The van der Waals surface area contributed by atoms with E-state index in [0.717, 1.165) is 0 Å². The van der Waals surface area contributed by atoms with Crippen LogP contribution in [0.4, 0.5) is 0 Å². The van der Waals surface area contributed by atoms with Crippen molar-refractivity contribution in [3.05, 3.63) is 59.7 Å². The van der Waals surface area contributed by atoms with Crippen LogP contribution in [0.2, 0.25) is 0 Å². The van der Waals surface area contributed by atoms with Gasteiger partial charge in [0.15, 0.2) is 6.10 Å². The van der Waals surface area contributed by atoms with Gasteiger partial charge in [0.2, 0.25) is 5.78 Å². The van der Waals surface area contributed by atoms with Crippen LogP contribution in [0.15, 0.2) is 48.5 Å². The Balaban J connectivity index is 2.27. The molecule has 2 aromatic rings. The third-order valence-corrected chi connectivity index (χ3v) is 3.87. The molecule has 0 aliphatic heterocycles. The SMILES string of the molecule is CCOC(=O)CC(=O)OC(C(=O)c1ccc(OC)cc1)c1ccc(OC)cc1. The molecule has 2 rings (SSSR count). The lowest BCUT2D eigenvalue weighted by molar-refractivity contribution is -0.156. The van der Waals surface area contributed by atoms with E-state index in [4.69, 9.17) is 18.9 Å². The highest BCUT2D eigenvalue weighted by Gasteiger charge is 2.27. The highest BCUT2D eigenvalue weighted by molar-refractivity contribution is 6.02. The van der Waals surface area contributed by atoms with Gasteiger partial charge < -0.3 is 18.9 Å². The zero-order chi connectivity index (χ0) is 20.5. The molecule has 0 N–H and O–H groups in total. The summed E-state index contributed by atoms with van der Waals surface area (Å²) in [6, 6.07) is 13.0. The van der Waals surface area contributed by atoms with Crippen molar-refractivity contribution in [1.82, 2.24) is 0 Å². The lowest BCUT2D eigenvalue weighted by Gasteiger charge is -2.18. The third-order valence-electron chi connectivity index (χ3n) is 3.87. The monoisotopic (exact) mass is 386 g/mol. The highest BCUT2D eigenvalue weighted by atomic mass is 16.6. The summed E-state index contributed by atoms with van der Waals surface area (Å²) in [7, 11) is 3.04. The number of carbonyl (C=O) groups excluding carboxylic acids is 3. The first-order valence-corrected chi connectivity index (χ1v) is 8.65. The Morgan fingerprint density at radius 3 is 1.86 bits per heavy atom. The minimum atomic E-state index is -1.21. The van der Waals surface area contributed by atoms with E-state index >= 15 is 0 Å². The topological polar surface area (TPSA) is 88.1 Å². The molecule has 1 unspecified atom stereocenters. The van der Waals surface area contributed by atoms with Gasteiger partial charge in [0.05, 0.1) is 20.8 Å². The van der Waals surface area contributed by atoms with Gasteiger partial charge in [0, 0.05) is 11.1 Å². The number of hydrogen-bond acceptors (Lipinski definition) is 7. The molecule has 0 aliphatic rings. The minimum Gasteiger partial charge on any atom is -0.497 e. The Morgan fingerprint density at radius 2 is 1.36 bits per heavy atom. The summed E-state index contributed by atoms with van der Waals surface area (Å²) in [5.74, 6) is -0.793. The average Bonchev–Trinajstić information content (AvgIpc) is 2.72. The number of rotatable bonds is 9. The number of Topliss-reactive ketones (excluding diaryl/α,β-unsaturated/α-hetero) is 1. The van der Waals surface area contributed by atoms with Crippen LogP contribution in [0.3, 0.4) is 0 Å². The second kappa shape index (κ2) is 10.1. The quantitative estimate of drug-likeness (QED) is 0.372. The standard InChI is InChI=1S/C21H22O7/c1-4-27-18(22)13-19(23)28-21(15-7-11-17(26-3)12-8-15)20(24)14-5-9-16(25-2)10-6-14/h5-12,21H,4,13H2,1-3H3. The van der Waals surface area contributed by atoms with Gasteiger partial charge in [-0.3, -0.25) is 14.4 Å². The van der Waals surface area contributed by atoms with Crippen molar-refractivity contribution in [2.24, 2.45) is 0 Å². The van der Waals surface area contributed by atoms with Crippen LogP contribution in [0.5, 0.6) is 11.5 Å². The van der Waals surface area contributed by atoms with Crippen molar-refractivity contribution >= 4 is 17.7 Å². The molecule has 0 aliphatic carbocycles. The molecule has 0 aromatic heterocycles. The van der Waals surface area contributed by atoms with Crippen LogP contribution in [0.25, 0.3) is 0 Å². The molecule has 0 spiro atoms. The molecule has 1 atom stereocenters. The molecule has 148 valence electrons. The number of carbonyl (C=O) groups is 3. The zero-order valence-corrected chi connectivity index (χ0v) is 16.0. The third kappa shape index (κ3) is 5.57. The highest BCUT2D eigenvalue weighted by Crippen LogP contribution is 2.26. The van der Waals surface area contributed by atoms with E-state index in [9.17, 15) is 14.4 Å². The van der Waals surface area contributed by atoms with Crippen molar-refractivity contribution in [3.8, 4) is 11.5 Å². The van der Waals surface area contributed by atoms with Crippen molar-refractivity contribution in [3.63, 3.8) is 0 Å². The first-order chi connectivity index (χ1) is 13.5. The van der Waals surface area contributed by atoms with Crippen molar-refractivity contribution in [2.75, 3.05) is 20.8 Å². The molecule has 0 radical (unpaired) electrons. The molecule has 0 heterocycles. The van der Waals surface area contributed by atoms with E-state index in [-0.39, 0.29) is 6.61 Å². The van der Waals surface area contributed by atoms with Crippen molar-refractivity contribution in [2.45, 2.75) is 19.4 Å². The molecule has 0 amide bonds. The van der Waals surface area contributed by atoms with Gasteiger partial charge in [-0.15, -0.1) is 0 Å². The maximum atomic E-state index is 13.0. The maximum absolute atomic E-state index is 13.0. The maximum Gasteiger partial charge on any atom is 0.318 e. The van der Waals surface area contributed by atoms with E-state index in [2.05, 4.69) is 0 Å². The second-order valence-electron chi connectivity index (χ2n) is 5.72. The molecule has 7 nitrogen and oxygen atoms in total. The summed E-state index contributed by atoms with van der Waals surface area (Å²) in [6.07, 6.45) is -1.78. The van der Waals surface area contributed by atoms with Crippen LogP contribution < -0.4 is 9.47 Å². The molecular weight excluding hydrogens is 364 g/mol. The lowest BCUT2D eigenvalue weighted by atomic mass is 9.99. The Morgan fingerprint density at radius 1 is 0.821 bits per heavy atom. The van der Waals surface area contributed by atoms with Crippen LogP contribution in [0, 0.1) is 0 Å². The Hall–Kier alpha value is -3.35. The van der Waals surface area contributed by atoms with E-state index in [1.54, 1.807) is 55.5 Å². The van der Waals surface area contributed by atoms with Gasteiger partial charge >= 0.3 is 11.9 Å². The van der Waals surface area contributed by atoms with E-state index in [1.165, 1.54) is 14.2 Å². The summed E-state index contributed by atoms with van der Waals surface area (Å²) in [4.78, 5) is 36.7. The molecule has 28 heavy (non-hydrogen) atoms. The zero-order valence-electron chi connectivity index (χ0n) is 16.0. The van der Waals surface area contributed by atoms with Crippen LogP contribution in [-0.2, 0) is 19.1 Å². The Bertz CT molecular complexity index is 810. The van der Waals surface area contributed by atoms with Gasteiger partial charge in [-0.05, 0) is 43.3 Å². The van der Waals surface area contributed by atoms with Gasteiger partial charge in [-0.25, -0.2) is 0 Å². The van der Waals surface area contributed by atoms with Crippen LogP contribution >= 0.6 is 0 Å². The van der Waals surface area contributed by atoms with Gasteiger partial charge in [0.1, 0.15) is 17.9 Å². The van der Waals surface area contributed by atoms with Crippen LogP contribution in [0.1, 0.15) is 35.4 Å². The number of hydrogen-bond donors (Lipinski definition) is 0. The van der Waals surface area contributed by atoms with Crippen molar-refractivity contribution < 1.29 is 33.3 Å². The second-order valence-corrected chi connectivity index (χ2v) is 5.72. The molecule has 7 heteroatoms. The summed E-state index contributed by atoms with van der Waals surface area (Å²) in [5, 5.41) is 0. The van der Waals surface area contributed by atoms with E-state index in [1.807, 2.05) is 0 Å². The van der Waals surface area contributed by atoms with Gasteiger partial charge in [-0.1, -0.05) is 12.1 Å². The van der Waals surface area contributed by atoms with E-state index < -0.39 is 30.2 Å².